The molecule has 0 fully saturated rings. The second-order valence-electron chi connectivity index (χ2n) is 6.66. The molecule has 0 bridgehead atoms. The highest BCUT2D eigenvalue weighted by Crippen LogP contribution is 2.23. The lowest BCUT2D eigenvalue weighted by atomic mass is 10.1. The number of guanidine groups is 1. The first-order chi connectivity index (χ1) is 12.2. The van der Waals surface area contributed by atoms with Gasteiger partial charge in [0, 0.05) is 49.5 Å². The Morgan fingerprint density at radius 1 is 1.27 bits per heavy atom. The summed E-state index contributed by atoms with van der Waals surface area (Å²) in [7, 11) is 1.85. The van der Waals surface area contributed by atoms with Gasteiger partial charge in [0.2, 0.25) is 0 Å². The van der Waals surface area contributed by atoms with Crippen molar-refractivity contribution in [1.82, 2.24) is 15.5 Å². The molecule has 1 unspecified atom stereocenters. The lowest BCUT2D eigenvalue weighted by molar-refractivity contribution is 0.260. The average Bonchev–Trinajstić information content (AvgIpc) is 3.28. The minimum atomic E-state index is 0. The van der Waals surface area contributed by atoms with Gasteiger partial charge in [0.15, 0.2) is 5.96 Å². The van der Waals surface area contributed by atoms with Crippen LogP contribution >= 0.6 is 46.7 Å². The van der Waals surface area contributed by atoms with E-state index < -0.39 is 0 Å². The van der Waals surface area contributed by atoms with Crippen LogP contribution in [0.5, 0.6) is 0 Å². The molecule has 144 valence electrons. The van der Waals surface area contributed by atoms with Crippen LogP contribution < -0.4 is 10.6 Å². The molecule has 4 nitrogen and oxygen atoms in total. The normalized spacial score (nSPS) is 15.8. The molecule has 7 heteroatoms. The molecule has 0 saturated carbocycles. The summed E-state index contributed by atoms with van der Waals surface area (Å²) in [6.45, 7) is 7.47. The lowest BCUT2D eigenvalue weighted by Gasteiger charge is -2.27. The topological polar surface area (TPSA) is 39.7 Å². The van der Waals surface area contributed by atoms with Crippen molar-refractivity contribution >= 4 is 52.6 Å². The third kappa shape index (κ3) is 6.51. The maximum Gasteiger partial charge on any atom is 0.191 e. The van der Waals surface area contributed by atoms with Crippen LogP contribution in [0.25, 0.3) is 0 Å². The molecule has 3 heterocycles. The number of hydrogen-bond acceptors (Lipinski definition) is 4. The predicted octanol–water partition coefficient (Wildman–Crippen LogP) is 3.83. The Balaban J connectivity index is 0.00000243. The average molecular weight is 505 g/mol. The Hall–Kier alpha value is -0.640. The standard InChI is InChI=1S/C19H28N4S2.HI/c1-15(12-17-4-3-10-24-17)13-22-19(20-2)21-7-9-23-8-5-18-16(14-23)6-11-25-18;/h3-4,6,10-11,15H,5,7-9,12-14H2,1-2H3,(H2,20,21,22);1H. The molecule has 1 aliphatic heterocycles. The van der Waals surface area contributed by atoms with E-state index in [9.17, 15) is 0 Å². The zero-order valence-electron chi connectivity index (χ0n) is 15.5. The van der Waals surface area contributed by atoms with E-state index in [2.05, 4.69) is 56.4 Å². The van der Waals surface area contributed by atoms with Gasteiger partial charge in [0.05, 0.1) is 0 Å². The number of nitrogens with zero attached hydrogens (tertiary/aromatic N) is 2. The van der Waals surface area contributed by atoms with Gasteiger partial charge in [-0.25, -0.2) is 0 Å². The number of nitrogens with one attached hydrogen (secondary N) is 2. The number of rotatable bonds is 7. The summed E-state index contributed by atoms with van der Waals surface area (Å²) in [6.07, 6.45) is 2.32. The molecule has 3 rings (SSSR count). The molecule has 1 aliphatic rings. The fourth-order valence-electron chi connectivity index (χ4n) is 3.17. The maximum atomic E-state index is 4.35. The summed E-state index contributed by atoms with van der Waals surface area (Å²) < 4.78 is 0. The largest absolute Gasteiger partial charge is 0.356 e. The van der Waals surface area contributed by atoms with Crippen LogP contribution in [-0.4, -0.2) is 44.1 Å². The molecule has 2 aromatic rings. The zero-order chi connectivity index (χ0) is 17.5. The van der Waals surface area contributed by atoms with Gasteiger partial charge >= 0.3 is 0 Å². The number of fused-ring (bicyclic) bond motifs is 1. The second-order valence-corrected chi connectivity index (χ2v) is 8.70. The van der Waals surface area contributed by atoms with Gasteiger partial charge in [-0.1, -0.05) is 13.0 Å². The fraction of sp³-hybridized carbons (Fsp3) is 0.526. The van der Waals surface area contributed by atoms with Crippen LogP contribution in [0.1, 0.15) is 22.2 Å². The molecule has 1 atom stereocenters. The summed E-state index contributed by atoms with van der Waals surface area (Å²) in [5.74, 6) is 1.50. The van der Waals surface area contributed by atoms with Gasteiger partial charge in [-0.3, -0.25) is 9.89 Å². The summed E-state index contributed by atoms with van der Waals surface area (Å²) in [4.78, 5) is 9.89. The van der Waals surface area contributed by atoms with Crippen molar-refractivity contribution in [1.29, 1.82) is 0 Å². The molecule has 0 aromatic carbocycles. The van der Waals surface area contributed by atoms with Gasteiger partial charge in [0.25, 0.3) is 0 Å². The van der Waals surface area contributed by atoms with Crippen molar-refractivity contribution in [3.63, 3.8) is 0 Å². The minimum Gasteiger partial charge on any atom is -0.356 e. The first-order valence-electron chi connectivity index (χ1n) is 8.99. The lowest BCUT2D eigenvalue weighted by Crippen LogP contribution is -2.43. The summed E-state index contributed by atoms with van der Waals surface area (Å²) in [5, 5.41) is 11.3. The van der Waals surface area contributed by atoms with Crippen LogP contribution in [0.2, 0.25) is 0 Å². The summed E-state index contributed by atoms with van der Waals surface area (Å²) >= 11 is 3.74. The molecular formula is C19H29IN4S2. The van der Waals surface area contributed by atoms with Crippen LogP contribution in [-0.2, 0) is 19.4 Å². The highest BCUT2D eigenvalue weighted by atomic mass is 127. The monoisotopic (exact) mass is 504 g/mol. The van der Waals surface area contributed by atoms with Gasteiger partial charge < -0.3 is 10.6 Å². The molecule has 2 aromatic heterocycles. The van der Waals surface area contributed by atoms with Crippen molar-refractivity contribution in [3.8, 4) is 0 Å². The van der Waals surface area contributed by atoms with Gasteiger partial charge in [-0.15, -0.1) is 46.7 Å². The summed E-state index contributed by atoms with van der Waals surface area (Å²) in [6, 6.07) is 6.61. The van der Waals surface area contributed by atoms with Crippen molar-refractivity contribution in [2.45, 2.75) is 26.3 Å². The molecule has 0 amide bonds. The Bertz CT molecular complexity index is 669. The molecular weight excluding hydrogens is 475 g/mol. The quantitative estimate of drug-likeness (QED) is 0.342. The molecule has 26 heavy (non-hydrogen) atoms. The van der Waals surface area contributed by atoms with E-state index in [1.807, 2.05) is 29.7 Å². The van der Waals surface area contributed by atoms with Crippen LogP contribution in [0.4, 0.5) is 0 Å². The first-order valence-corrected chi connectivity index (χ1v) is 10.7. The van der Waals surface area contributed by atoms with Crippen LogP contribution in [0.3, 0.4) is 0 Å². The van der Waals surface area contributed by atoms with E-state index in [1.165, 1.54) is 23.4 Å². The number of thiophene rings is 2. The van der Waals surface area contributed by atoms with Crippen molar-refractivity contribution in [2.75, 3.05) is 33.2 Å². The van der Waals surface area contributed by atoms with E-state index in [0.29, 0.717) is 5.92 Å². The van der Waals surface area contributed by atoms with E-state index in [0.717, 1.165) is 38.6 Å². The van der Waals surface area contributed by atoms with Crippen LogP contribution in [0.15, 0.2) is 34.0 Å². The summed E-state index contributed by atoms with van der Waals surface area (Å²) in [5.41, 5.74) is 1.51. The van der Waals surface area contributed by atoms with Crippen molar-refractivity contribution < 1.29 is 0 Å². The van der Waals surface area contributed by atoms with Gasteiger partial charge in [-0.05, 0) is 47.2 Å². The first kappa shape index (κ1) is 21.7. The van der Waals surface area contributed by atoms with E-state index in [1.54, 1.807) is 4.88 Å². The maximum absolute atomic E-state index is 4.35. The number of aliphatic imine (C=N–C) groups is 1. The predicted molar refractivity (Wildman–Crippen MR) is 125 cm³/mol. The number of hydrogen-bond donors (Lipinski definition) is 2. The third-order valence-corrected chi connectivity index (χ3v) is 6.50. The Labute approximate surface area is 182 Å². The van der Waals surface area contributed by atoms with E-state index >= 15 is 0 Å². The molecule has 0 saturated heterocycles. The van der Waals surface area contributed by atoms with E-state index in [-0.39, 0.29) is 24.0 Å². The Kier molecular flexibility index (Phi) is 9.38. The molecule has 0 aliphatic carbocycles. The zero-order valence-corrected chi connectivity index (χ0v) is 19.5. The minimum absolute atomic E-state index is 0. The third-order valence-electron chi connectivity index (χ3n) is 4.58. The smallest absolute Gasteiger partial charge is 0.191 e. The van der Waals surface area contributed by atoms with Gasteiger partial charge in [-0.2, -0.15) is 0 Å². The Morgan fingerprint density at radius 2 is 2.15 bits per heavy atom. The SMILES string of the molecule is CN=C(NCCN1CCc2sccc2C1)NCC(C)Cc1cccs1.I. The molecule has 0 radical (unpaired) electrons. The van der Waals surface area contributed by atoms with Crippen molar-refractivity contribution in [3.05, 3.63) is 44.3 Å². The highest BCUT2D eigenvalue weighted by molar-refractivity contribution is 14.0. The van der Waals surface area contributed by atoms with Crippen LogP contribution in [0, 0.1) is 5.92 Å². The molecule has 0 spiro atoms. The molecule has 2 N–H and O–H groups in total. The highest BCUT2D eigenvalue weighted by Gasteiger charge is 2.16. The van der Waals surface area contributed by atoms with Gasteiger partial charge in [0.1, 0.15) is 0 Å². The Morgan fingerprint density at radius 3 is 2.92 bits per heavy atom. The van der Waals surface area contributed by atoms with E-state index in [4.69, 9.17) is 0 Å². The number of halogens is 1. The second kappa shape index (κ2) is 11.3. The fourth-order valence-corrected chi connectivity index (χ4v) is 4.93. The van der Waals surface area contributed by atoms with Crippen molar-refractivity contribution in [2.24, 2.45) is 10.9 Å².